The van der Waals surface area contributed by atoms with Crippen LogP contribution in [0.1, 0.15) is 18.7 Å². The van der Waals surface area contributed by atoms with Gasteiger partial charge in [-0.2, -0.15) is 0 Å². The van der Waals surface area contributed by atoms with E-state index in [1.165, 1.54) is 0 Å². The maximum Gasteiger partial charge on any atom is 0.209 e. The Morgan fingerprint density at radius 3 is 2.59 bits per heavy atom. The molecule has 2 N–H and O–H groups in total. The van der Waals surface area contributed by atoms with Gasteiger partial charge >= 0.3 is 0 Å². The Bertz CT molecular complexity index is 761. The van der Waals surface area contributed by atoms with Crippen molar-refractivity contribution in [1.82, 2.24) is 14.5 Å². The summed E-state index contributed by atoms with van der Waals surface area (Å²) < 4.78 is 24.5. The number of para-hydroxylation sites is 2. The highest BCUT2D eigenvalue weighted by molar-refractivity contribution is 7.89. The maximum absolute atomic E-state index is 11.2. The van der Waals surface area contributed by atoms with Gasteiger partial charge in [-0.1, -0.05) is 12.1 Å². The molecule has 120 valence electrons. The highest BCUT2D eigenvalue weighted by Gasteiger charge is 2.23. The summed E-state index contributed by atoms with van der Waals surface area (Å²) >= 11 is 0. The van der Waals surface area contributed by atoms with Crippen LogP contribution in [0.5, 0.6) is 0 Å². The molecule has 1 aromatic carbocycles. The van der Waals surface area contributed by atoms with Crippen LogP contribution in [0.25, 0.3) is 11.0 Å². The van der Waals surface area contributed by atoms with Crippen molar-refractivity contribution in [3.8, 4) is 0 Å². The number of sulfonamides is 1. The number of imidazole rings is 1. The summed E-state index contributed by atoms with van der Waals surface area (Å²) in [4.78, 5) is 7.02. The molecule has 2 aromatic rings. The number of nitrogens with zero attached hydrogens (tertiary/aromatic N) is 3. The van der Waals surface area contributed by atoms with Crippen LogP contribution in [0.2, 0.25) is 0 Å². The van der Waals surface area contributed by atoms with E-state index in [1.807, 2.05) is 25.2 Å². The zero-order chi connectivity index (χ0) is 15.7. The van der Waals surface area contributed by atoms with Gasteiger partial charge in [0.1, 0.15) is 5.82 Å². The molecule has 0 aliphatic carbocycles. The molecule has 0 amide bonds. The van der Waals surface area contributed by atoms with E-state index >= 15 is 0 Å². The predicted octanol–water partition coefficient (Wildman–Crippen LogP) is 1.07. The number of aryl methyl sites for hydroxylation is 1. The van der Waals surface area contributed by atoms with E-state index in [4.69, 9.17) is 10.1 Å². The van der Waals surface area contributed by atoms with Gasteiger partial charge < -0.3 is 4.57 Å². The Morgan fingerprint density at radius 2 is 1.95 bits per heavy atom. The molecule has 0 saturated carbocycles. The SMILES string of the molecule is Cn1c(CN2CCC(CS(N)(=O)=O)CC2)nc2ccccc21. The summed E-state index contributed by atoms with van der Waals surface area (Å²) in [5, 5.41) is 5.13. The standard InChI is InChI=1S/C15H22N4O2S/c1-18-14-5-3-2-4-13(14)17-15(18)10-19-8-6-12(7-9-19)11-22(16,20)21/h2-5,12H,6-11H2,1H3,(H2,16,20,21). The van der Waals surface area contributed by atoms with Crippen molar-refractivity contribution in [2.75, 3.05) is 18.8 Å². The first-order valence-corrected chi connectivity index (χ1v) is 9.27. The summed E-state index contributed by atoms with van der Waals surface area (Å²) in [7, 11) is -1.32. The van der Waals surface area contributed by atoms with Crippen LogP contribution in [-0.4, -0.2) is 41.7 Å². The fourth-order valence-electron chi connectivity index (χ4n) is 3.18. The Kier molecular flexibility index (Phi) is 4.20. The number of fused-ring (bicyclic) bond motifs is 1. The zero-order valence-electron chi connectivity index (χ0n) is 12.8. The number of nitrogens with two attached hydrogens (primary N) is 1. The Balaban J connectivity index is 1.64. The third-order valence-corrected chi connectivity index (χ3v) is 5.36. The molecule has 1 aliphatic heterocycles. The van der Waals surface area contributed by atoms with Crippen molar-refractivity contribution in [2.24, 2.45) is 18.1 Å². The summed E-state index contributed by atoms with van der Waals surface area (Å²) in [5.41, 5.74) is 2.16. The normalized spacial score (nSPS) is 18.1. The Hall–Kier alpha value is -1.44. The highest BCUT2D eigenvalue weighted by atomic mass is 32.2. The molecule has 3 rings (SSSR count). The van der Waals surface area contributed by atoms with Crippen molar-refractivity contribution < 1.29 is 8.42 Å². The smallest absolute Gasteiger partial charge is 0.209 e. The first-order chi connectivity index (χ1) is 10.4. The van der Waals surface area contributed by atoms with Crippen LogP contribution < -0.4 is 5.14 Å². The van der Waals surface area contributed by atoms with Gasteiger partial charge in [0.15, 0.2) is 0 Å². The van der Waals surface area contributed by atoms with Gasteiger partial charge in [-0.15, -0.1) is 0 Å². The lowest BCUT2D eigenvalue weighted by Crippen LogP contribution is -2.37. The number of benzene rings is 1. The molecule has 1 aromatic heterocycles. The summed E-state index contributed by atoms with van der Waals surface area (Å²) in [6.45, 7) is 2.58. The number of piperidine rings is 1. The van der Waals surface area contributed by atoms with Gasteiger partial charge in [-0.25, -0.2) is 18.5 Å². The predicted molar refractivity (Wildman–Crippen MR) is 86.7 cm³/mol. The van der Waals surface area contributed by atoms with E-state index in [9.17, 15) is 8.42 Å². The summed E-state index contributed by atoms with van der Waals surface area (Å²) in [6, 6.07) is 8.12. The minimum Gasteiger partial charge on any atom is -0.330 e. The largest absolute Gasteiger partial charge is 0.330 e. The molecule has 6 nitrogen and oxygen atoms in total. The van der Waals surface area contributed by atoms with Gasteiger partial charge in [0.05, 0.1) is 23.3 Å². The monoisotopic (exact) mass is 322 g/mol. The van der Waals surface area contributed by atoms with Crippen LogP contribution >= 0.6 is 0 Å². The number of rotatable bonds is 4. The highest BCUT2D eigenvalue weighted by Crippen LogP contribution is 2.21. The number of hydrogen-bond acceptors (Lipinski definition) is 4. The molecule has 7 heteroatoms. The van der Waals surface area contributed by atoms with Crippen LogP contribution in [-0.2, 0) is 23.6 Å². The van der Waals surface area contributed by atoms with Crippen molar-refractivity contribution in [3.63, 3.8) is 0 Å². The second-order valence-corrected chi connectivity index (χ2v) is 7.78. The Labute approximate surface area is 131 Å². The van der Waals surface area contributed by atoms with Gasteiger partial charge in [-0.3, -0.25) is 4.90 Å². The Morgan fingerprint density at radius 1 is 1.27 bits per heavy atom. The number of hydrogen-bond donors (Lipinski definition) is 1. The van der Waals surface area contributed by atoms with Crippen molar-refractivity contribution in [3.05, 3.63) is 30.1 Å². The second-order valence-electron chi connectivity index (χ2n) is 6.12. The van der Waals surface area contributed by atoms with E-state index < -0.39 is 10.0 Å². The number of likely N-dealkylation sites (tertiary alicyclic amines) is 1. The van der Waals surface area contributed by atoms with Crippen LogP contribution in [0.4, 0.5) is 0 Å². The third kappa shape index (κ3) is 3.48. The van der Waals surface area contributed by atoms with Crippen LogP contribution in [0, 0.1) is 5.92 Å². The molecule has 1 fully saturated rings. The molecule has 1 saturated heterocycles. The van der Waals surface area contributed by atoms with Gasteiger partial charge in [0.25, 0.3) is 0 Å². The minimum absolute atomic E-state index is 0.104. The van der Waals surface area contributed by atoms with Gasteiger partial charge in [0, 0.05) is 7.05 Å². The van der Waals surface area contributed by atoms with Crippen molar-refractivity contribution in [1.29, 1.82) is 0 Å². The van der Waals surface area contributed by atoms with E-state index in [1.54, 1.807) is 0 Å². The molecule has 0 unspecified atom stereocenters. The lowest BCUT2D eigenvalue weighted by Gasteiger charge is -2.31. The molecule has 22 heavy (non-hydrogen) atoms. The van der Waals surface area contributed by atoms with E-state index in [0.717, 1.165) is 49.3 Å². The summed E-state index contributed by atoms with van der Waals surface area (Å²) in [6.07, 6.45) is 1.75. The van der Waals surface area contributed by atoms with Crippen LogP contribution in [0.3, 0.4) is 0 Å². The average Bonchev–Trinajstić information content (AvgIpc) is 2.77. The van der Waals surface area contributed by atoms with Crippen molar-refractivity contribution >= 4 is 21.1 Å². The fraction of sp³-hybridized carbons (Fsp3) is 0.533. The summed E-state index contributed by atoms with van der Waals surface area (Å²) in [5.74, 6) is 1.34. The molecule has 0 radical (unpaired) electrons. The first kappa shape index (κ1) is 15.5. The first-order valence-electron chi connectivity index (χ1n) is 7.55. The minimum atomic E-state index is -3.36. The van der Waals surface area contributed by atoms with E-state index in [-0.39, 0.29) is 11.7 Å². The van der Waals surface area contributed by atoms with Crippen LogP contribution in [0.15, 0.2) is 24.3 Å². The lowest BCUT2D eigenvalue weighted by molar-refractivity contribution is 0.181. The molecule has 2 heterocycles. The van der Waals surface area contributed by atoms with Gasteiger partial charge in [-0.05, 0) is 44.0 Å². The molecule has 0 spiro atoms. The average molecular weight is 322 g/mol. The number of primary sulfonamides is 1. The molecule has 0 atom stereocenters. The third-order valence-electron chi connectivity index (χ3n) is 4.42. The maximum atomic E-state index is 11.2. The number of aromatic nitrogens is 2. The molecular weight excluding hydrogens is 300 g/mol. The molecule has 0 bridgehead atoms. The quantitative estimate of drug-likeness (QED) is 0.913. The topological polar surface area (TPSA) is 81.2 Å². The zero-order valence-corrected chi connectivity index (χ0v) is 13.6. The molecule has 1 aliphatic rings. The van der Waals surface area contributed by atoms with E-state index in [2.05, 4.69) is 15.5 Å². The lowest BCUT2D eigenvalue weighted by atomic mass is 9.99. The second kappa shape index (κ2) is 5.98. The fourth-order valence-corrected chi connectivity index (χ4v) is 4.17. The van der Waals surface area contributed by atoms with Crippen molar-refractivity contribution in [2.45, 2.75) is 19.4 Å². The van der Waals surface area contributed by atoms with E-state index in [0.29, 0.717) is 0 Å². The molecular formula is C15H22N4O2S. The van der Waals surface area contributed by atoms with Gasteiger partial charge in [0.2, 0.25) is 10.0 Å².